The lowest BCUT2D eigenvalue weighted by Gasteiger charge is -2.05. The maximum Gasteiger partial charge on any atom is 0.338 e. The van der Waals surface area contributed by atoms with Crippen LogP contribution in [0, 0.1) is 15.9 Å². The molecule has 1 aromatic carbocycles. The Labute approximate surface area is 106 Å². The highest BCUT2D eigenvalue weighted by Crippen LogP contribution is 2.31. The number of nitro benzene ring substituents is 1. The molecule has 0 bridgehead atoms. The first kappa shape index (κ1) is 14.4. The van der Waals surface area contributed by atoms with Gasteiger partial charge in [-0.3, -0.25) is 10.1 Å². The lowest BCUT2D eigenvalue weighted by Crippen LogP contribution is -2.04. The molecule has 6 nitrogen and oxygen atoms in total. The van der Waals surface area contributed by atoms with E-state index in [0.717, 1.165) is 23.9 Å². The second-order valence-corrected chi connectivity index (χ2v) is 4.34. The third-order valence-electron chi connectivity index (χ3n) is 2.02. The Morgan fingerprint density at radius 2 is 2.28 bits per heavy atom. The lowest BCUT2D eigenvalue weighted by atomic mass is 10.2. The highest BCUT2D eigenvalue weighted by Gasteiger charge is 2.21. The van der Waals surface area contributed by atoms with Crippen LogP contribution in [0.25, 0.3) is 0 Å². The minimum atomic E-state index is -1.54. The molecule has 0 aliphatic rings. The smallest absolute Gasteiger partial charge is 0.338 e. The number of hydrogen-bond acceptors (Lipinski definition) is 5. The molecule has 0 atom stereocenters. The molecule has 18 heavy (non-hydrogen) atoms. The lowest BCUT2D eigenvalue weighted by molar-refractivity contribution is -0.387. The quantitative estimate of drug-likeness (QED) is 0.370. The van der Waals surface area contributed by atoms with Gasteiger partial charge in [0, 0.05) is 18.9 Å². The number of ether oxygens (including phenoxy) is 1. The maximum absolute atomic E-state index is 13.4. The summed E-state index contributed by atoms with van der Waals surface area (Å²) < 4.78 is 18.2. The number of carboxylic acid groups (broad SMARTS) is 1. The standard InChI is InChI=1S/C10H10FNO5S/c1-17-2-3-18-9-5-7(11)6(10(13)14)4-8(9)12(15)16/h4-5H,2-3H2,1H3,(H,13,14). The molecule has 8 heteroatoms. The molecule has 0 amide bonds. The van der Waals surface area contributed by atoms with Gasteiger partial charge in [0.05, 0.1) is 16.4 Å². The van der Waals surface area contributed by atoms with Crippen molar-refractivity contribution in [3.05, 3.63) is 33.6 Å². The van der Waals surface area contributed by atoms with Crippen molar-refractivity contribution >= 4 is 23.4 Å². The molecule has 0 saturated heterocycles. The zero-order valence-electron chi connectivity index (χ0n) is 9.38. The van der Waals surface area contributed by atoms with Crippen molar-refractivity contribution in [3.8, 4) is 0 Å². The molecule has 0 unspecified atom stereocenters. The summed E-state index contributed by atoms with van der Waals surface area (Å²) >= 11 is 1.03. The van der Waals surface area contributed by atoms with Crippen molar-refractivity contribution in [2.45, 2.75) is 4.90 Å². The number of nitro groups is 1. The van der Waals surface area contributed by atoms with Crippen LogP contribution in [0.15, 0.2) is 17.0 Å². The molecule has 98 valence electrons. The van der Waals surface area contributed by atoms with E-state index in [9.17, 15) is 19.3 Å². The van der Waals surface area contributed by atoms with E-state index in [1.165, 1.54) is 7.11 Å². The topological polar surface area (TPSA) is 89.7 Å². The minimum Gasteiger partial charge on any atom is -0.478 e. The van der Waals surface area contributed by atoms with Gasteiger partial charge in [-0.15, -0.1) is 11.8 Å². The molecule has 0 heterocycles. The van der Waals surface area contributed by atoms with Crippen LogP contribution < -0.4 is 0 Å². The Balaban J connectivity index is 3.12. The Bertz CT molecular complexity index is 480. The fourth-order valence-electron chi connectivity index (χ4n) is 1.20. The SMILES string of the molecule is COCCSc1cc(F)c(C(=O)O)cc1[N+](=O)[O-]. The van der Waals surface area contributed by atoms with Crippen molar-refractivity contribution in [1.82, 2.24) is 0 Å². The zero-order chi connectivity index (χ0) is 13.7. The predicted molar refractivity (Wildman–Crippen MR) is 62.6 cm³/mol. The molecule has 0 radical (unpaired) electrons. The van der Waals surface area contributed by atoms with E-state index in [1.807, 2.05) is 0 Å². The molecular weight excluding hydrogens is 265 g/mol. The van der Waals surface area contributed by atoms with Gasteiger partial charge >= 0.3 is 5.97 Å². The van der Waals surface area contributed by atoms with E-state index in [4.69, 9.17) is 9.84 Å². The monoisotopic (exact) mass is 275 g/mol. The summed E-state index contributed by atoms with van der Waals surface area (Å²) in [6.45, 7) is 0.351. The first-order valence-corrected chi connectivity index (χ1v) is 5.79. The van der Waals surface area contributed by atoms with Crippen molar-refractivity contribution < 1.29 is 24.0 Å². The number of rotatable bonds is 6. The normalized spacial score (nSPS) is 10.3. The van der Waals surface area contributed by atoms with E-state index in [0.29, 0.717) is 12.4 Å². The molecule has 1 rings (SSSR count). The van der Waals surface area contributed by atoms with Crippen LogP contribution in [0.5, 0.6) is 0 Å². The van der Waals surface area contributed by atoms with E-state index < -0.39 is 28.0 Å². The van der Waals surface area contributed by atoms with E-state index >= 15 is 0 Å². The number of methoxy groups -OCH3 is 1. The van der Waals surface area contributed by atoms with Crippen molar-refractivity contribution in [2.75, 3.05) is 19.5 Å². The van der Waals surface area contributed by atoms with E-state index in [2.05, 4.69) is 0 Å². The highest BCUT2D eigenvalue weighted by molar-refractivity contribution is 7.99. The van der Waals surface area contributed by atoms with Gasteiger partial charge in [-0.05, 0) is 6.07 Å². The molecular formula is C10H10FNO5S. The van der Waals surface area contributed by atoms with Crippen LogP contribution in [0.1, 0.15) is 10.4 Å². The summed E-state index contributed by atoms with van der Waals surface area (Å²) in [6, 6.07) is 1.59. The Hall–Kier alpha value is -1.67. The van der Waals surface area contributed by atoms with Crippen LogP contribution in [0.2, 0.25) is 0 Å². The fraction of sp³-hybridized carbons (Fsp3) is 0.300. The summed E-state index contributed by atoms with van der Waals surface area (Å²) in [5, 5.41) is 19.5. The summed E-state index contributed by atoms with van der Waals surface area (Å²) in [4.78, 5) is 20.8. The van der Waals surface area contributed by atoms with Crippen molar-refractivity contribution in [1.29, 1.82) is 0 Å². The van der Waals surface area contributed by atoms with Gasteiger partial charge in [0.15, 0.2) is 0 Å². The zero-order valence-corrected chi connectivity index (χ0v) is 10.2. The first-order valence-electron chi connectivity index (χ1n) is 4.80. The largest absolute Gasteiger partial charge is 0.478 e. The Kier molecular flexibility index (Phi) is 5.05. The predicted octanol–water partition coefficient (Wildman–Crippen LogP) is 2.17. The van der Waals surface area contributed by atoms with Crippen LogP contribution in [-0.4, -0.2) is 35.5 Å². The number of halogens is 1. The summed E-state index contributed by atoms with van der Waals surface area (Å²) in [6.07, 6.45) is 0. The third kappa shape index (κ3) is 3.41. The number of aromatic carboxylic acids is 1. The van der Waals surface area contributed by atoms with Gasteiger partial charge in [0.2, 0.25) is 0 Å². The van der Waals surface area contributed by atoms with E-state index in [1.54, 1.807) is 0 Å². The molecule has 0 fully saturated rings. The average Bonchev–Trinajstić information content (AvgIpc) is 2.28. The summed E-state index contributed by atoms with van der Waals surface area (Å²) in [7, 11) is 1.48. The maximum atomic E-state index is 13.4. The van der Waals surface area contributed by atoms with Crippen LogP contribution in [0.4, 0.5) is 10.1 Å². The van der Waals surface area contributed by atoms with Gasteiger partial charge in [0.1, 0.15) is 11.4 Å². The van der Waals surface area contributed by atoms with Gasteiger partial charge in [-0.1, -0.05) is 0 Å². The van der Waals surface area contributed by atoms with Gasteiger partial charge in [-0.25, -0.2) is 9.18 Å². The highest BCUT2D eigenvalue weighted by atomic mass is 32.2. The summed E-state index contributed by atoms with van der Waals surface area (Å²) in [5.41, 5.74) is -1.13. The van der Waals surface area contributed by atoms with Crippen molar-refractivity contribution in [3.63, 3.8) is 0 Å². The van der Waals surface area contributed by atoms with Gasteiger partial charge in [0.25, 0.3) is 5.69 Å². The number of carboxylic acids is 1. The molecule has 0 saturated carbocycles. The number of thioether (sulfide) groups is 1. The average molecular weight is 275 g/mol. The second-order valence-electron chi connectivity index (χ2n) is 3.20. The number of nitrogens with zero attached hydrogens (tertiary/aromatic N) is 1. The van der Waals surface area contributed by atoms with Gasteiger partial charge in [-0.2, -0.15) is 0 Å². The number of hydrogen-bond donors (Lipinski definition) is 1. The fourth-order valence-corrected chi connectivity index (χ4v) is 2.14. The molecule has 0 aliphatic carbocycles. The van der Waals surface area contributed by atoms with Crippen LogP contribution in [-0.2, 0) is 4.74 Å². The Morgan fingerprint density at radius 1 is 1.61 bits per heavy atom. The third-order valence-corrected chi connectivity index (χ3v) is 3.03. The summed E-state index contributed by atoms with van der Waals surface area (Å²) in [5.74, 6) is -2.12. The first-order chi connectivity index (χ1) is 8.47. The molecule has 0 aromatic heterocycles. The molecule has 0 aliphatic heterocycles. The van der Waals surface area contributed by atoms with Crippen molar-refractivity contribution in [2.24, 2.45) is 0 Å². The second kappa shape index (κ2) is 6.31. The molecule has 1 aromatic rings. The van der Waals surface area contributed by atoms with Gasteiger partial charge < -0.3 is 9.84 Å². The van der Waals surface area contributed by atoms with E-state index in [-0.39, 0.29) is 4.90 Å². The number of carbonyl (C=O) groups is 1. The number of benzene rings is 1. The van der Waals surface area contributed by atoms with Crippen LogP contribution in [0.3, 0.4) is 0 Å². The van der Waals surface area contributed by atoms with Crippen LogP contribution >= 0.6 is 11.8 Å². The Morgan fingerprint density at radius 3 is 2.78 bits per heavy atom. The minimum absolute atomic E-state index is 0.0829. The molecule has 0 spiro atoms. The molecule has 1 N–H and O–H groups in total.